The van der Waals surface area contributed by atoms with Gasteiger partial charge in [0.1, 0.15) is 0 Å². The summed E-state index contributed by atoms with van der Waals surface area (Å²) < 4.78 is 0. The highest BCUT2D eigenvalue weighted by Crippen LogP contribution is 2.22. The minimum absolute atomic E-state index is 0.155. The summed E-state index contributed by atoms with van der Waals surface area (Å²) in [5.41, 5.74) is 6.77. The second-order valence-electron chi connectivity index (χ2n) is 9.21. The molecule has 1 aliphatic heterocycles. The van der Waals surface area contributed by atoms with E-state index < -0.39 is 0 Å². The van der Waals surface area contributed by atoms with Gasteiger partial charge in [0.2, 0.25) is 5.91 Å². The number of carbonyl (C=O) groups excluding carboxylic acids is 1. The molecule has 0 radical (unpaired) electrons. The van der Waals surface area contributed by atoms with Gasteiger partial charge in [0.15, 0.2) is 0 Å². The van der Waals surface area contributed by atoms with Crippen molar-refractivity contribution >= 4 is 11.6 Å². The quantitative estimate of drug-likeness (QED) is 0.654. The Kier molecular flexibility index (Phi) is 7.63. The summed E-state index contributed by atoms with van der Waals surface area (Å²) in [6, 6.07) is 15.4. The van der Waals surface area contributed by atoms with Gasteiger partial charge in [-0.1, -0.05) is 30.3 Å². The van der Waals surface area contributed by atoms with Crippen LogP contribution in [0.15, 0.2) is 42.5 Å². The third kappa shape index (κ3) is 6.33. The molecule has 166 valence electrons. The van der Waals surface area contributed by atoms with E-state index in [-0.39, 0.29) is 5.91 Å². The Bertz CT molecular complexity index is 871. The molecule has 2 aromatic carbocycles. The number of hydrogen-bond donors (Lipinski definition) is 1. The van der Waals surface area contributed by atoms with Crippen molar-refractivity contribution in [3.63, 3.8) is 0 Å². The van der Waals surface area contributed by atoms with Crippen LogP contribution in [0, 0.1) is 6.92 Å². The van der Waals surface area contributed by atoms with Crippen LogP contribution in [0.25, 0.3) is 0 Å². The molecule has 4 rings (SSSR count). The first kappa shape index (κ1) is 21.9. The number of rotatable bonds is 8. The van der Waals surface area contributed by atoms with E-state index in [0.29, 0.717) is 6.42 Å². The molecule has 4 nitrogen and oxygen atoms in total. The Labute approximate surface area is 187 Å². The molecule has 1 aliphatic carbocycles. The van der Waals surface area contributed by atoms with Crippen molar-refractivity contribution in [1.82, 2.24) is 10.2 Å². The standard InChI is InChI=1S/C27H37N3O/c1-22-7-6-10-26(19-22)30-17-15-29(16-18-30)14-5-4-13-28-27(31)21-23-11-12-24-8-2-3-9-25(24)20-23/h6-7,10-12,19-20H,2-5,8-9,13-18,21H2,1H3,(H,28,31). The first-order chi connectivity index (χ1) is 15.2. The molecule has 1 N–H and O–H groups in total. The lowest BCUT2D eigenvalue weighted by Gasteiger charge is -2.36. The maximum absolute atomic E-state index is 12.3. The van der Waals surface area contributed by atoms with E-state index in [0.717, 1.165) is 57.7 Å². The number of carbonyl (C=O) groups is 1. The number of amides is 1. The van der Waals surface area contributed by atoms with Gasteiger partial charge in [0.05, 0.1) is 6.42 Å². The van der Waals surface area contributed by atoms with Gasteiger partial charge in [-0.2, -0.15) is 0 Å². The fourth-order valence-corrected chi connectivity index (χ4v) is 4.89. The maximum atomic E-state index is 12.3. The Balaban J connectivity index is 1.09. The maximum Gasteiger partial charge on any atom is 0.224 e. The van der Waals surface area contributed by atoms with Gasteiger partial charge in [0, 0.05) is 38.4 Å². The van der Waals surface area contributed by atoms with Crippen LogP contribution >= 0.6 is 0 Å². The van der Waals surface area contributed by atoms with Crippen LogP contribution in [0.1, 0.15) is 47.9 Å². The van der Waals surface area contributed by atoms with E-state index in [1.54, 1.807) is 0 Å². The third-order valence-electron chi connectivity index (χ3n) is 6.74. The lowest BCUT2D eigenvalue weighted by Crippen LogP contribution is -2.46. The molecule has 1 saturated heterocycles. The fourth-order valence-electron chi connectivity index (χ4n) is 4.89. The minimum Gasteiger partial charge on any atom is -0.369 e. The van der Waals surface area contributed by atoms with Gasteiger partial charge in [-0.25, -0.2) is 0 Å². The lowest BCUT2D eigenvalue weighted by molar-refractivity contribution is -0.120. The van der Waals surface area contributed by atoms with Gasteiger partial charge in [-0.3, -0.25) is 9.69 Å². The van der Waals surface area contributed by atoms with Gasteiger partial charge in [-0.05, 0) is 86.4 Å². The van der Waals surface area contributed by atoms with Crippen molar-refractivity contribution in [1.29, 1.82) is 0 Å². The second-order valence-corrected chi connectivity index (χ2v) is 9.21. The molecule has 0 aromatic heterocycles. The van der Waals surface area contributed by atoms with E-state index in [1.165, 1.54) is 48.1 Å². The van der Waals surface area contributed by atoms with Crippen LogP contribution in [-0.2, 0) is 24.1 Å². The van der Waals surface area contributed by atoms with E-state index in [9.17, 15) is 4.79 Å². The molecule has 0 saturated carbocycles. The molecular weight excluding hydrogens is 382 g/mol. The highest BCUT2D eigenvalue weighted by Gasteiger charge is 2.17. The number of piperazine rings is 1. The fraction of sp³-hybridized carbons (Fsp3) is 0.519. The molecular formula is C27H37N3O. The molecule has 0 bridgehead atoms. The lowest BCUT2D eigenvalue weighted by atomic mass is 9.90. The Morgan fingerprint density at radius 3 is 2.55 bits per heavy atom. The monoisotopic (exact) mass is 419 g/mol. The predicted octanol–water partition coefficient (Wildman–Crippen LogP) is 4.13. The molecule has 1 fully saturated rings. The number of unbranched alkanes of at least 4 members (excludes halogenated alkanes) is 1. The first-order valence-electron chi connectivity index (χ1n) is 12.1. The molecule has 0 unspecified atom stereocenters. The molecule has 1 amide bonds. The van der Waals surface area contributed by atoms with E-state index in [2.05, 4.69) is 64.5 Å². The predicted molar refractivity (Wildman–Crippen MR) is 129 cm³/mol. The molecule has 2 aliphatic rings. The van der Waals surface area contributed by atoms with Crippen LogP contribution in [0.3, 0.4) is 0 Å². The van der Waals surface area contributed by atoms with Crippen LogP contribution in [0.5, 0.6) is 0 Å². The number of aryl methyl sites for hydroxylation is 3. The highest BCUT2D eigenvalue weighted by atomic mass is 16.1. The van der Waals surface area contributed by atoms with Crippen LogP contribution in [0.4, 0.5) is 5.69 Å². The van der Waals surface area contributed by atoms with Crippen molar-refractivity contribution in [3.8, 4) is 0 Å². The van der Waals surface area contributed by atoms with Crippen molar-refractivity contribution in [2.24, 2.45) is 0 Å². The zero-order valence-corrected chi connectivity index (χ0v) is 19.0. The number of fused-ring (bicyclic) bond motifs is 1. The van der Waals surface area contributed by atoms with Crippen LogP contribution in [0.2, 0.25) is 0 Å². The molecule has 1 heterocycles. The van der Waals surface area contributed by atoms with Crippen LogP contribution in [-0.4, -0.2) is 50.1 Å². The van der Waals surface area contributed by atoms with Gasteiger partial charge in [-0.15, -0.1) is 0 Å². The minimum atomic E-state index is 0.155. The summed E-state index contributed by atoms with van der Waals surface area (Å²) in [5.74, 6) is 0.155. The molecule has 0 spiro atoms. The van der Waals surface area contributed by atoms with Crippen molar-refractivity contribution in [3.05, 3.63) is 64.7 Å². The summed E-state index contributed by atoms with van der Waals surface area (Å²) in [4.78, 5) is 17.4. The summed E-state index contributed by atoms with van der Waals surface area (Å²) in [7, 11) is 0. The Morgan fingerprint density at radius 1 is 0.935 bits per heavy atom. The average Bonchev–Trinajstić information content (AvgIpc) is 2.79. The van der Waals surface area contributed by atoms with Gasteiger partial charge < -0.3 is 10.2 Å². The van der Waals surface area contributed by atoms with Gasteiger partial charge in [0.25, 0.3) is 0 Å². The first-order valence-corrected chi connectivity index (χ1v) is 12.1. The third-order valence-corrected chi connectivity index (χ3v) is 6.74. The summed E-state index contributed by atoms with van der Waals surface area (Å²) in [6.07, 6.45) is 7.65. The van der Waals surface area contributed by atoms with E-state index in [4.69, 9.17) is 0 Å². The van der Waals surface area contributed by atoms with E-state index >= 15 is 0 Å². The highest BCUT2D eigenvalue weighted by molar-refractivity contribution is 5.78. The second kappa shape index (κ2) is 10.8. The Morgan fingerprint density at radius 2 is 1.74 bits per heavy atom. The SMILES string of the molecule is Cc1cccc(N2CCN(CCCCNC(=O)Cc3ccc4c(c3)CCCC4)CC2)c1. The summed E-state index contributed by atoms with van der Waals surface area (Å²) in [6.45, 7) is 8.51. The number of anilines is 1. The zero-order chi connectivity index (χ0) is 21.5. The van der Waals surface area contributed by atoms with Gasteiger partial charge >= 0.3 is 0 Å². The number of nitrogens with zero attached hydrogens (tertiary/aromatic N) is 2. The largest absolute Gasteiger partial charge is 0.369 e. The average molecular weight is 420 g/mol. The number of benzene rings is 2. The van der Waals surface area contributed by atoms with Crippen molar-refractivity contribution in [2.75, 3.05) is 44.2 Å². The molecule has 2 aromatic rings. The normalized spacial score (nSPS) is 16.7. The number of hydrogen-bond acceptors (Lipinski definition) is 3. The smallest absolute Gasteiger partial charge is 0.224 e. The topological polar surface area (TPSA) is 35.6 Å². The summed E-state index contributed by atoms with van der Waals surface area (Å²) >= 11 is 0. The molecule has 31 heavy (non-hydrogen) atoms. The van der Waals surface area contributed by atoms with Crippen LogP contribution < -0.4 is 10.2 Å². The zero-order valence-electron chi connectivity index (χ0n) is 19.0. The van der Waals surface area contributed by atoms with Crippen molar-refractivity contribution < 1.29 is 4.79 Å². The van der Waals surface area contributed by atoms with Crippen molar-refractivity contribution in [2.45, 2.75) is 51.9 Å². The number of nitrogens with one attached hydrogen (secondary N) is 1. The Hall–Kier alpha value is -2.33. The van der Waals surface area contributed by atoms with E-state index in [1.807, 2.05) is 0 Å². The molecule has 4 heteroatoms. The molecule has 0 atom stereocenters. The summed E-state index contributed by atoms with van der Waals surface area (Å²) in [5, 5.41) is 3.12.